The minimum absolute atomic E-state index is 0.221. The third kappa shape index (κ3) is 3.05. The summed E-state index contributed by atoms with van der Waals surface area (Å²) in [4.78, 5) is 0. The van der Waals surface area contributed by atoms with Crippen molar-refractivity contribution < 1.29 is 8.42 Å². The van der Waals surface area contributed by atoms with Crippen molar-refractivity contribution in [2.24, 2.45) is 0 Å². The van der Waals surface area contributed by atoms with Crippen molar-refractivity contribution in [1.82, 2.24) is 0 Å². The van der Waals surface area contributed by atoms with E-state index in [0.29, 0.717) is 5.69 Å². The quantitative estimate of drug-likeness (QED) is 0.856. The van der Waals surface area contributed by atoms with E-state index in [9.17, 15) is 8.42 Å². The lowest BCUT2D eigenvalue weighted by Crippen LogP contribution is -2.36. The fourth-order valence-electron chi connectivity index (χ4n) is 3.12. The van der Waals surface area contributed by atoms with Gasteiger partial charge in [0.2, 0.25) is 0 Å². The summed E-state index contributed by atoms with van der Waals surface area (Å²) in [5.74, 6) is 0.240. The normalized spacial score (nSPS) is 19.6. The molecule has 4 heteroatoms. The van der Waals surface area contributed by atoms with Gasteiger partial charge in [-0.25, -0.2) is 8.42 Å². The predicted octanol–water partition coefficient (Wildman–Crippen LogP) is 2.52. The third-order valence-electron chi connectivity index (χ3n) is 3.85. The summed E-state index contributed by atoms with van der Waals surface area (Å²) >= 11 is 0. The molecule has 18 heavy (non-hydrogen) atoms. The number of sulfone groups is 1. The highest BCUT2D eigenvalue weighted by molar-refractivity contribution is 7.90. The van der Waals surface area contributed by atoms with Gasteiger partial charge >= 0.3 is 0 Å². The van der Waals surface area contributed by atoms with Gasteiger partial charge in [0.15, 0.2) is 0 Å². The first-order valence-corrected chi connectivity index (χ1v) is 8.51. The van der Waals surface area contributed by atoms with Crippen LogP contribution in [0, 0.1) is 0 Å². The number of hydrogen-bond donors (Lipinski definition) is 1. The molecule has 1 saturated carbocycles. The number of hydrogen-bond acceptors (Lipinski definition) is 3. The zero-order chi connectivity index (χ0) is 13.2. The maximum Gasteiger partial charge on any atom is 0.148 e. The lowest BCUT2D eigenvalue weighted by atomic mass is 9.71. The van der Waals surface area contributed by atoms with Crippen LogP contribution in [0.25, 0.3) is 0 Å². The summed E-state index contributed by atoms with van der Waals surface area (Å²) in [7, 11) is -2.98. The molecule has 0 heterocycles. The van der Waals surface area contributed by atoms with Gasteiger partial charge in [0, 0.05) is 17.4 Å². The molecule has 0 bridgehead atoms. The van der Waals surface area contributed by atoms with Crippen LogP contribution in [0.2, 0.25) is 0 Å². The summed E-state index contributed by atoms with van der Waals surface area (Å²) in [5, 5.41) is 0. The van der Waals surface area contributed by atoms with Crippen molar-refractivity contribution in [1.29, 1.82) is 0 Å². The molecule has 100 valence electrons. The molecule has 1 aromatic rings. The average Bonchev–Trinajstić information content (AvgIpc) is 2.28. The van der Waals surface area contributed by atoms with Gasteiger partial charge in [0.25, 0.3) is 0 Å². The van der Waals surface area contributed by atoms with E-state index in [1.54, 1.807) is 0 Å². The highest BCUT2D eigenvalue weighted by Gasteiger charge is 2.36. The lowest BCUT2D eigenvalue weighted by Gasteiger charge is -2.37. The molecule has 1 aliphatic carbocycles. The third-order valence-corrected chi connectivity index (χ3v) is 4.93. The largest absolute Gasteiger partial charge is 0.399 e. The molecule has 0 saturated heterocycles. The van der Waals surface area contributed by atoms with E-state index in [-0.39, 0.29) is 11.2 Å². The zero-order valence-electron chi connectivity index (χ0n) is 10.9. The Morgan fingerprint density at radius 1 is 1.22 bits per heavy atom. The fraction of sp³-hybridized carbons (Fsp3) is 0.571. The van der Waals surface area contributed by atoms with E-state index in [4.69, 9.17) is 5.73 Å². The molecule has 1 aromatic carbocycles. The Morgan fingerprint density at radius 3 is 2.44 bits per heavy atom. The second kappa shape index (κ2) is 4.92. The molecule has 0 aromatic heterocycles. The fourth-order valence-corrected chi connectivity index (χ4v) is 4.57. The first-order valence-electron chi connectivity index (χ1n) is 6.45. The molecule has 1 aliphatic rings. The Kier molecular flexibility index (Phi) is 3.66. The molecule has 0 spiro atoms. The van der Waals surface area contributed by atoms with E-state index in [2.05, 4.69) is 0 Å². The van der Waals surface area contributed by atoms with Gasteiger partial charge in [-0.05, 0) is 30.5 Å². The van der Waals surface area contributed by atoms with Crippen molar-refractivity contribution in [2.75, 3.05) is 17.7 Å². The number of rotatable bonds is 3. The minimum atomic E-state index is -2.98. The molecule has 0 atom stereocenters. The van der Waals surface area contributed by atoms with Crippen molar-refractivity contribution in [3.63, 3.8) is 0 Å². The van der Waals surface area contributed by atoms with E-state index in [0.717, 1.165) is 31.2 Å². The van der Waals surface area contributed by atoms with Gasteiger partial charge < -0.3 is 5.73 Å². The van der Waals surface area contributed by atoms with Crippen LogP contribution in [-0.4, -0.2) is 20.4 Å². The first-order chi connectivity index (χ1) is 8.41. The monoisotopic (exact) mass is 267 g/mol. The number of nitrogen functional groups attached to an aromatic ring is 1. The number of anilines is 1. The molecule has 0 aliphatic heterocycles. The summed E-state index contributed by atoms with van der Waals surface area (Å²) in [6.07, 6.45) is 6.63. The molecule has 3 nitrogen and oxygen atoms in total. The Bertz CT molecular complexity index is 516. The van der Waals surface area contributed by atoms with Crippen LogP contribution in [0.3, 0.4) is 0 Å². The molecule has 0 unspecified atom stereocenters. The van der Waals surface area contributed by atoms with Gasteiger partial charge in [-0.3, -0.25) is 0 Å². The van der Waals surface area contributed by atoms with E-state index in [1.807, 2.05) is 24.3 Å². The summed E-state index contributed by atoms with van der Waals surface area (Å²) in [5.41, 5.74) is 7.42. The average molecular weight is 267 g/mol. The number of benzene rings is 1. The first kappa shape index (κ1) is 13.4. The lowest BCUT2D eigenvalue weighted by molar-refractivity contribution is 0.321. The van der Waals surface area contributed by atoms with Crippen LogP contribution in [-0.2, 0) is 15.3 Å². The topological polar surface area (TPSA) is 60.2 Å². The maximum atomic E-state index is 11.7. The van der Waals surface area contributed by atoms with Gasteiger partial charge in [-0.15, -0.1) is 0 Å². The molecular weight excluding hydrogens is 246 g/mol. The number of nitrogens with two attached hydrogens (primary N) is 1. The summed E-state index contributed by atoms with van der Waals surface area (Å²) in [6, 6.07) is 7.73. The Balaban J connectivity index is 2.41. The van der Waals surface area contributed by atoms with Gasteiger partial charge in [0.05, 0.1) is 5.75 Å². The Labute approximate surface area is 109 Å². The summed E-state index contributed by atoms with van der Waals surface area (Å²) < 4.78 is 23.5. The van der Waals surface area contributed by atoms with Gasteiger partial charge in [-0.1, -0.05) is 31.4 Å². The van der Waals surface area contributed by atoms with Crippen molar-refractivity contribution >= 4 is 15.5 Å². The molecule has 2 rings (SSSR count). The smallest absolute Gasteiger partial charge is 0.148 e. The van der Waals surface area contributed by atoms with E-state index >= 15 is 0 Å². The van der Waals surface area contributed by atoms with Crippen molar-refractivity contribution in [3.8, 4) is 0 Å². The molecule has 0 amide bonds. The Hall–Kier alpha value is -1.03. The molecular formula is C14H21NO2S. The maximum absolute atomic E-state index is 11.7. The van der Waals surface area contributed by atoms with Crippen LogP contribution in [0.15, 0.2) is 24.3 Å². The van der Waals surface area contributed by atoms with Crippen molar-refractivity contribution in [3.05, 3.63) is 29.8 Å². The molecule has 2 N–H and O–H groups in total. The van der Waals surface area contributed by atoms with Crippen LogP contribution in [0.4, 0.5) is 5.69 Å². The minimum Gasteiger partial charge on any atom is -0.399 e. The standard InChI is InChI=1S/C14H21NO2S/c1-18(16,17)11-14(8-3-2-4-9-14)12-6-5-7-13(15)10-12/h5-7,10H,2-4,8-9,11,15H2,1H3. The molecule has 0 radical (unpaired) electrons. The SMILES string of the molecule is CS(=O)(=O)CC1(c2cccc(N)c2)CCCCC1. The van der Waals surface area contributed by atoms with Crippen molar-refractivity contribution in [2.45, 2.75) is 37.5 Å². The van der Waals surface area contributed by atoms with Crippen LogP contribution < -0.4 is 5.73 Å². The van der Waals surface area contributed by atoms with E-state index in [1.165, 1.54) is 12.7 Å². The second-order valence-electron chi connectivity index (χ2n) is 5.54. The van der Waals surface area contributed by atoms with E-state index < -0.39 is 9.84 Å². The van der Waals surface area contributed by atoms with Crippen LogP contribution >= 0.6 is 0 Å². The zero-order valence-corrected chi connectivity index (χ0v) is 11.7. The predicted molar refractivity (Wildman–Crippen MR) is 75.3 cm³/mol. The molecule has 1 fully saturated rings. The van der Waals surface area contributed by atoms with Crippen LogP contribution in [0.1, 0.15) is 37.7 Å². The van der Waals surface area contributed by atoms with Gasteiger partial charge in [0.1, 0.15) is 9.84 Å². The Morgan fingerprint density at radius 2 is 1.89 bits per heavy atom. The van der Waals surface area contributed by atoms with Gasteiger partial charge in [-0.2, -0.15) is 0 Å². The summed E-state index contributed by atoms with van der Waals surface area (Å²) in [6.45, 7) is 0. The van der Waals surface area contributed by atoms with Crippen LogP contribution in [0.5, 0.6) is 0 Å². The highest BCUT2D eigenvalue weighted by Crippen LogP contribution is 2.40. The second-order valence-corrected chi connectivity index (χ2v) is 7.68. The highest BCUT2D eigenvalue weighted by atomic mass is 32.2.